The summed E-state index contributed by atoms with van der Waals surface area (Å²) in [5.41, 5.74) is -0.884. The molecule has 1 aromatic heterocycles. The molecule has 1 heterocycles. The molecule has 0 amide bonds. The lowest BCUT2D eigenvalue weighted by Crippen LogP contribution is -2.20. The van der Waals surface area contributed by atoms with Gasteiger partial charge < -0.3 is 5.32 Å². The van der Waals surface area contributed by atoms with Crippen molar-refractivity contribution in [3.63, 3.8) is 0 Å². The molecule has 0 aliphatic rings. The fraction of sp³-hybridized carbons (Fsp3) is 0.286. The van der Waals surface area contributed by atoms with E-state index in [2.05, 4.69) is 5.32 Å². The van der Waals surface area contributed by atoms with Crippen molar-refractivity contribution < 1.29 is 17.6 Å². The van der Waals surface area contributed by atoms with E-state index in [1.54, 1.807) is 0 Å². The van der Waals surface area contributed by atoms with Gasteiger partial charge in [-0.05, 0) is 36.1 Å². The summed E-state index contributed by atoms with van der Waals surface area (Å²) in [7, 11) is 0. The van der Waals surface area contributed by atoms with Crippen molar-refractivity contribution in [2.24, 2.45) is 0 Å². The Hall–Kier alpha value is -1.40. The highest BCUT2D eigenvalue weighted by molar-refractivity contribution is 7.10. The normalized spacial score (nSPS) is 13.4. The first kappa shape index (κ1) is 15.0. The predicted molar refractivity (Wildman–Crippen MR) is 71.0 cm³/mol. The molecule has 1 unspecified atom stereocenters. The van der Waals surface area contributed by atoms with Gasteiger partial charge in [-0.15, -0.1) is 11.3 Å². The van der Waals surface area contributed by atoms with Crippen LogP contribution in [0.4, 0.5) is 17.6 Å². The van der Waals surface area contributed by atoms with Gasteiger partial charge in [0.2, 0.25) is 0 Å². The molecule has 0 saturated carbocycles. The van der Waals surface area contributed by atoms with Crippen molar-refractivity contribution in [3.05, 3.63) is 57.5 Å². The van der Waals surface area contributed by atoms with Crippen LogP contribution in [0.1, 0.15) is 29.0 Å². The van der Waals surface area contributed by atoms with Crippen LogP contribution in [0.25, 0.3) is 0 Å². The van der Waals surface area contributed by atoms with Crippen LogP contribution in [0.2, 0.25) is 0 Å². The average molecular weight is 303 g/mol. The molecule has 1 nitrogen and oxygen atoms in total. The molecular weight excluding hydrogens is 290 g/mol. The van der Waals surface area contributed by atoms with E-state index in [9.17, 15) is 17.6 Å². The second kappa shape index (κ2) is 5.93. The van der Waals surface area contributed by atoms with Crippen LogP contribution >= 0.6 is 11.3 Å². The van der Waals surface area contributed by atoms with E-state index >= 15 is 0 Å². The summed E-state index contributed by atoms with van der Waals surface area (Å²) in [5.74, 6) is -0.882. The molecule has 0 saturated heterocycles. The van der Waals surface area contributed by atoms with Crippen LogP contribution in [0.3, 0.4) is 0 Å². The number of nitrogens with one attached hydrogen (secondary N) is 1. The lowest BCUT2D eigenvalue weighted by Gasteiger charge is -2.16. The van der Waals surface area contributed by atoms with E-state index in [0.29, 0.717) is 6.07 Å². The van der Waals surface area contributed by atoms with Crippen molar-refractivity contribution >= 4 is 11.3 Å². The Bertz CT molecular complexity index is 563. The summed E-state index contributed by atoms with van der Waals surface area (Å²) in [4.78, 5) is 1.04. The van der Waals surface area contributed by atoms with Crippen molar-refractivity contribution in [3.8, 4) is 0 Å². The van der Waals surface area contributed by atoms with E-state index in [0.717, 1.165) is 10.9 Å². The molecule has 1 atom stereocenters. The van der Waals surface area contributed by atoms with Crippen molar-refractivity contribution in [1.82, 2.24) is 5.32 Å². The molecule has 0 bridgehead atoms. The molecule has 2 aromatic rings. The van der Waals surface area contributed by atoms with Gasteiger partial charge in [-0.3, -0.25) is 0 Å². The summed E-state index contributed by atoms with van der Waals surface area (Å²) in [6, 6.07) is 6.50. The first-order chi connectivity index (χ1) is 9.38. The largest absolute Gasteiger partial charge is 0.416 e. The van der Waals surface area contributed by atoms with Crippen molar-refractivity contribution in [2.75, 3.05) is 0 Å². The van der Waals surface area contributed by atoms with Crippen molar-refractivity contribution in [2.45, 2.75) is 25.7 Å². The Labute approximate surface area is 118 Å². The zero-order valence-corrected chi connectivity index (χ0v) is 11.5. The van der Waals surface area contributed by atoms with E-state index in [1.807, 2.05) is 24.4 Å². The van der Waals surface area contributed by atoms with E-state index < -0.39 is 17.6 Å². The minimum atomic E-state index is -4.55. The number of alkyl halides is 3. The minimum Gasteiger partial charge on any atom is -0.305 e. The maximum Gasteiger partial charge on any atom is 0.416 e. The zero-order valence-electron chi connectivity index (χ0n) is 10.7. The topological polar surface area (TPSA) is 12.0 Å². The lowest BCUT2D eigenvalue weighted by molar-refractivity contribution is -0.138. The summed E-state index contributed by atoms with van der Waals surface area (Å²) >= 11 is 1.53. The highest BCUT2D eigenvalue weighted by atomic mass is 32.1. The fourth-order valence-electron chi connectivity index (χ4n) is 1.87. The number of rotatable bonds is 4. The van der Waals surface area contributed by atoms with Gasteiger partial charge in [-0.2, -0.15) is 13.2 Å². The Balaban J connectivity index is 2.13. The highest BCUT2D eigenvalue weighted by Gasteiger charge is 2.33. The second-order valence-corrected chi connectivity index (χ2v) is 5.40. The molecule has 0 spiro atoms. The SMILES string of the molecule is CC(NCc1ccc(F)cc1C(F)(F)F)c1cccs1. The number of hydrogen-bond acceptors (Lipinski definition) is 2. The Kier molecular flexibility index (Phi) is 4.45. The molecule has 0 aliphatic heterocycles. The lowest BCUT2D eigenvalue weighted by atomic mass is 10.1. The van der Waals surface area contributed by atoms with Crippen LogP contribution < -0.4 is 5.32 Å². The highest BCUT2D eigenvalue weighted by Crippen LogP contribution is 2.32. The number of thiophene rings is 1. The molecular formula is C14H13F4NS. The maximum absolute atomic E-state index is 13.0. The maximum atomic E-state index is 13.0. The van der Waals surface area contributed by atoms with Crippen molar-refractivity contribution in [1.29, 1.82) is 0 Å². The minimum absolute atomic E-state index is 0.0359. The van der Waals surface area contributed by atoms with Crippen LogP contribution in [-0.4, -0.2) is 0 Å². The Morgan fingerprint density at radius 2 is 2.00 bits per heavy atom. The van der Waals surface area contributed by atoms with Gasteiger partial charge in [0.25, 0.3) is 0 Å². The smallest absolute Gasteiger partial charge is 0.305 e. The van der Waals surface area contributed by atoms with Gasteiger partial charge in [0.15, 0.2) is 0 Å². The van der Waals surface area contributed by atoms with Crippen LogP contribution in [0.5, 0.6) is 0 Å². The molecule has 0 aliphatic carbocycles. The fourth-order valence-corrected chi connectivity index (χ4v) is 2.63. The molecule has 1 aromatic carbocycles. The summed E-state index contributed by atoms with van der Waals surface area (Å²) in [6.45, 7) is 1.91. The van der Waals surface area contributed by atoms with Crippen LogP contribution in [0.15, 0.2) is 35.7 Å². The number of benzene rings is 1. The first-order valence-electron chi connectivity index (χ1n) is 6.00. The van der Waals surface area contributed by atoms with E-state index in [4.69, 9.17) is 0 Å². The Morgan fingerprint density at radius 3 is 2.60 bits per heavy atom. The van der Waals surface area contributed by atoms with Gasteiger partial charge >= 0.3 is 6.18 Å². The quantitative estimate of drug-likeness (QED) is 0.803. The third kappa shape index (κ3) is 3.58. The summed E-state index contributed by atoms with van der Waals surface area (Å²) < 4.78 is 51.5. The van der Waals surface area contributed by atoms with E-state index in [-0.39, 0.29) is 18.2 Å². The number of halogens is 4. The molecule has 2 rings (SSSR count). The summed E-state index contributed by atoms with van der Waals surface area (Å²) in [6.07, 6.45) is -4.55. The summed E-state index contributed by atoms with van der Waals surface area (Å²) in [5, 5.41) is 4.93. The molecule has 6 heteroatoms. The molecule has 108 valence electrons. The third-order valence-corrected chi connectivity index (χ3v) is 4.00. The van der Waals surface area contributed by atoms with Gasteiger partial charge in [-0.1, -0.05) is 12.1 Å². The monoisotopic (exact) mass is 303 g/mol. The standard InChI is InChI=1S/C14H13F4NS/c1-9(13-3-2-6-20-13)19-8-10-4-5-11(15)7-12(10)14(16,17)18/h2-7,9,19H,8H2,1H3. The van der Waals surface area contributed by atoms with Gasteiger partial charge in [-0.25, -0.2) is 4.39 Å². The van der Waals surface area contributed by atoms with E-state index in [1.165, 1.54) is 17.4 Å². The molecule has 1 N–H and O–H groups in total. The van der Waals surface area contributed by atoms with Gasteiger partial charge in [0.05, 0.1) is 5.56 Å². The first-order valence-corrected chi connectivity index (χ1v) is 6.88. The molecule has 20 heavy (non-hydrogen) atoms. The number of hydrogen-bond donors (Lipinski definition) is 1. The van der Waals surface area contributed by atoms with Crippen LogP contribution in [0, 0.1) is 5.82 Å². The molecule has 0 fully saturated rings. The Morgan fingerprint density at radius 1 is 1.25 bits per heavy atom. The second-order valence-electron chi connectivity index (χ2n) is 4.42. The zero-order chi connectivity index (χ0) is 14.8. The third-order valence-electron chi connectivity index (χ3n) is 2.95. The van der Waals surface area contributed by atoms with Gasteiger partial charge in [0, 0.05) is 17.5 Å². The van der Waals surface area contributed by atoms with Gasteiger partial charge in [0.1, 0.15) is 5.82 Å². The van der Waals surface area contributed by atoms with Crippen LogP contribution in [-0.2, 0) is 12.7 Å². The molecule has 0 radical (unpaired) electrons. The predicted octanol–water partition coefficient (Wildman–Crippen LogP) is 4.76. The average Bonchev–Trinajstić information content (AvgIpc) is 2.89.